The zero-order chi connectivity index (χ0) is 22.6. The van der Waals surface area contributed by atoms with Gasteiger partial charge < -0.3 is 14.0 Å². The van der Waals surface area contributed by atoms with Crippen LogP contribution in [0, 0.1) is 0 Å². The van der Waals surface area contributed by atoms with Crippen LogP contribution in [0.2, 0.25) is 0 Å². The van der Waals surface area contributed by atoms with E-state index in [0.717, 1.165) is 5.41 Å². The van der Waals surface area contributed by atoms with Crippen LogP contribution < -0.4 is 19.8 Å². The van der Waals surface area contributed by atoms with Crippen LogP contribution in [-0.2, 0) is 23.5 Å². The lowest BCUT2D eigenvalue weighted by Gasteiger charge is -2.16. The maximum absolute atomic E-state index is 12.3. The molecule has 162 valence electrons. The van der Waals surface area contributed by atoms with Crippen LogP contribution in [0.3, 0.4) is 0 Å². The second-order valence-electron chi connectivity index (χ2n) is 6.80. The fourth-order valence-corrected chi connectivity index (χ4v) is 3.66. The van der Waals surface area contributed by atoms with Gasteiger partial charge in [-0.05, 0) is 42.8 Å². The fraction of sp³-hybridized carbons (Fsp3) is 0.174. The topological polar surface area (TPSA) is 86.6 Å². The van der Waals surface area contributed by atoms with Crippen molar-refractivity contribution in [1.82, 2.24) is 4.57 Å². The van der Waals surface area contributed by atoms with Crippen molar-refractivity contribution in [3.63, 3.8) is 0 Å². The summed E-state index contributed by atoms with van der Waals surface area (Å²) in [4.78, 5) is 12.3. The Bertz CT molecular complexity index is 1280. The van der Waals surface area contributed by atoms with Crippen molar-refractivity contribution in [3.05, 3.63) is 82.6 Å². The Balaban J connectivity index is 2.18. The molecule has 7 nitrogen and oxygen atoms in total. The number of rotatable bonds is 8. The van der Waals surface area contributed by atoms with E-state index in [2.05, 4.69) is 11.3 Å². The lowest BCUT2D eigenvalue weighted by molar-refractivity contribution is 0.379. The van der Waals surface area contributed by atoms with Gasteiger partial charge in [-0.15, -0.1) is 0 Å². The molecule has 0 atom stereocenters. The number of sulfonamides is 1. The van der Waals surface area contributed by atoms with Crippen molar-refractivity contribution in [2.75, 3.05) is 11.8 Å². The first-order valence-corrected chi connectivity index (χ1v) is 11.1. The smallest absolute Gasteiger partial charge is 0.254 e. The Morgan fingerprint density at radius 1 is 1.10 bits per heavy atom. The van der Waals surface area contributed by atoms with Crippen molar-refractivity contribution in [1.29, 1.82) is 0 Å². The van der Waals surface area contributed by atoms with Crippen molar-refractivity contribution in [2.24, 2.45) is 7.05 Å². The van der Waals surface area contributed by atoms with E-state index in [4.69, 9.17) is 9.47 Å². The Kier molecular flexibility index (Phi) is 6.50. The fourth-order valence-electron chi connectivity index (χ4n) is 3.12. The molecule has 3 aromatic rings. The summed E-state index contributed by atoms with van der Waals surface area (Å²) in [5, 5.41) is 0.841. The van der Waals surface area contributed by atoms with Crippen LogP contribution >= 0.6 is 0 Å². The highest BCUT2D eigenvalue weighted by atomic mass is 32.2. The molecule has 2 aromatic carbocycles. The van der Waals surface area contributed by atoms with E-state index in [1.165, 1.54) is 4.57 Å². The molecule has 0 fully saturated rings. The number of methoxy groups -OCH3 is 1. The summed E-state index contributed by atoms with van der Waals surface area (Å²) < 4.78 is 39.4. The molecule has 0 saturated carbocycles. The molecule has 0 saturated heterocycles. The second kappa shape index (κ2) is 9.09. The van der Waals surface area contributed by atoms with Gasteiger partial charge in [-0.25, -0.2) is 8.42 Å². The van der Waals surface area contributed by atoms with Gasteiger partial charge in [0.15, 0.2) is 11.5 Å². The summed E-state index contributed by atoms with van der Waals surface area (Å²) in [5.41, 5.74) is 2.22. The summed E-state index contributed by atoms with van der Waals surface area (Å²) in [6, 6.07) is 13.9. The Labute approximate surface area is 181 Å². The van der Waals surface area contributed by atoms with Gasteiger partial charge in [0, 0.05) is 41.0 Å². The van der Waals surface area contributed by atoms with Crippen LogP contribution in [0.5, 0.6) is 17.2 Å². The number of aryl methyl sites for hydroxylation is 2. The quantitative estimate of drug-likeness (QED) is 0.564. The van der Waals surface area contributed by atoms with Crippen LogP contribution in [0.25, 0.3) is 11.1 Å². The number of pyridine rings is 1. The molecule has 0 aliphatic carbocycles. The van der Waals surface area contributed by atoms with Gasteiger partial charge in [-0.2, -0.15) is 0 Å². The number of anilines is 1. The lowest BCUT2D eigenvalue weighted by atomic mass is 10.0. The Hall–Kier alpha value is -3.52. The van der Waals surface area contributed by atoms with E-state index in [-0.39, 0.29) is 5.56 Å². The molecule has 1 N–H and O–H groups in total. The van der Waals surface area contributed by atoms with Crippen LogP contribution in [0.1, 0.15) is 12.5 Å². The predicted octanol–water partition coefficient (Wildman–Crippen LogP) is 4.30. The highest BCUT2D eigenvalue weighted by Gasteiger charge is 2.15. The number of ether oxygens (including phenoxy) is 2. The third-order valence-electron chi connectivity index (χ3n) is 4.70. The van der Waals surface area contributed by atoms with Crippen LogP contribution in [0.4, 0.5) is 5.69 Å². The Morgan fingerprint density at radius 2 is 1.81 bits per heavy atom. The van der Waals surface area contributed by atoms with E-state index in [9.17, 15) is 13.2 Å². The van der Waals surface area contributed by atoms with Gasteiger partial charge in [0.2, 0.25) is 0 Å². The molecule has 0 unspecified atom stereocenters. The normalized spacial score (nSPS) is 11.1. The monoisotopic (exact) mass is 440 g/mol. The number of nitrogens with one attached hydrogen (secondary N) is 1. The van der Waals surface area contributed by atoms with Gasteiger partial charge >= 0.3 is 0 Å². The summed E-state index contributed by atoms with van der Waals surface area (Å²) in [6.07, 6.45) is 2.25. The van der Waals surface area contributed by atoms with Gasteiger partial charge in [0.25, 0.3) is 15.6 Å². The largest absolute Gasteiger partial charge is 0.493 e. The SMILES string of the molecule is C=CS(=O)(=O)Nc1ccc(Oc2ccccc2OC)c(-c2cc(CC)c(=O)n(C)c2)c1. The van der Waals surface area contributed by atoms with Gasteiger partial charge in [-0.1, -0.05) is 25.6 Å². The number of hydrogen-bond acceptors (Lipinski definition) is 5. The van der Waals surface area contributed by atoms with Gasteiger partial charge in [0.05, 0.1) is 7.11 Å². The lowest BCUT2D eigenvalue weighted by Crippen LogP contribution is -2.20. The molecule has 0 amide bonds. The molecular formula is C23H24N2O5S. The maximum Gasteiger partial charge on any atom is 0.254 e. The number of benzene rings is 2. The predicted molar refractivity (Wildman–Crippen MR) is 122 cm³/mol. The minimum atomic E-state index is -3.68. The molecular weight excluding hydrogens is 416 g/mol. The van der Waals surface area contributed by atoms with Crippen LogP contribution in [0.15, 0.2) is 71.5 Å². The highest BCUT2D eigenvalue weighted by Crippen LogP contribution is 2.38. The number of nitrogens with zero attached hydrogens (tertiary/aromatic N) is 1. The zero-order valence-corrected chi connectivity index (χ0v) is 18.4. The Morgan fingerprint density at radius 3 is 2.45 bits per heavy atom. The molecule has 0 aliphatic heterocycles. The molecule has 1 heterocycles. The van der Waals surface area contributed by atoms with Crippen molar-refractivity contribution < 1.29 is 17.9 Å². The number of para-hydroxylation sites is 2. The summed E-state index contributed by atoms with van der Waals surface area (Å²) in [5.74, 6) is 1.54. The van der Waals surface area contributed by atoms with Gasteiger partial charge in [0.1, 0.15) is 5.75 Å². The first-order chi connectivity index (χ1) is 14.8. The van der Waals surface area contributed by atoms with E-state index in [1.807, 2.05) is 19.1 Å². The molecule has 1 aromatic heterocycles. The van der Waals surface area contributed by atoms with Crippen LogP contribution in [-0.4, -0.2) is 20.1 Å². The standard InChI is InChI=1S/C23H24N2O5S/c1-5-16-13-17(15-25(3)23(16)26)19-14-18(24-31(27,28)6-2)11-12-20(19)30-22-10-8-7-9-21(22)29-4/h6-15,24H,2,5H2,1,3-4H3. The third kappa shape index (κ3) is 4.97. The minimum absolute atomic E-state index is 0.0815. The minimum Gasteiger partial charge on any atom is -0.493 e. The van der Waals surface area contributed by atoms with E-state index in [0.29, 0.717) is 46.0 Å². The molecule has 0 aliphatic rings. The van der Waals surface area contributed by atoms with Gasteiger partial charge in [-0.3, -0.25) is 9.52 Å². The average molecular weight is 441 g/mol. The highest BCUT2D eigenvalue weighted by molar-refractivity contribution is 7.95. The molecule has 0 radical (unpaired) electrons. The first-order valence-electron chi connectivity index (χ1n) is 9.58. The molecule has 31 heavy (non-hydrogen) atoms. The van der Waals surface area contributed by atoms with E-state index < -0.39 is 10.0 Å². The van der Waals surface area contributed by atoms with E-state index >= 15 is 0 Å². The number of hydrogen-bond donors (Lipinski definition) is 1. The van der Waals surface area contributed by atoms with Crippen molar-refractivity contribution in [2.45, 2.75) is 13.3 Å². The third-order valence-corrected chi connectivity index (χ3v) is 5.66. The summed E-state index contributed by atoms with van der Waals surface area (Å²) >= 11 is 0. The first kappa shape index (κ1) is 22.2. The molecule has 0 spiro atoms. The number of aromatic nitrogens is 1. The van der Waals surface area contributed by atoms with Crippen molar-refractivity contribution in [3.8, 4) is 28.4 Å². The maximum atomic E-state index is 12.3. The molecule has 0 bridgehead atoms. The summed E-state index contributed by atoms with van der Waals surface area (Å²) in [6.45, 7) is 5.22. The van der Waals surface area contributed by atoms with Crippen molar-refractivity contribution >= 4 is 15.7 Å². The second-order valence-corrected chi connectivity index (χ2v) is 8.43. The summed E-state index contributed by atoms with van der Waals surface area (Å²) in [7, 11) is -0.455. The van der Waals surface area contributed by atoms with E-state index in [1.54, 1.807) is 56.8 Å². The average Bonchev–Trinajstić information content (AvgIpc) is 2.76. The molecule has 8 heteroatoms. The zero-order valence-electron chi connectivity index (χ0n) is 17.6. The molecule has 3 rings (SSSR count).